The van der Waals surface area contributed by atoms with E-state index in [9.17, 15) is 0 Å². The smallest absolute Gasteiger partial charge is 0.0856 e. The molecule has 8 fully saturated rings. The summed E-state index contributed by atoms with van der Waals surface area (Å²) in [5, 5.41) is 0. The first-order valence-electron chi connectivity index (χ1n) is 10.4. The highest BCUT2D eigenvalue weighted by atomic mass is 16.5. The van der Waals surface area contributed by atoms with Crippen LogP contribution in [0, 0.1) is 75.9 Å². The molecule has 7 saturated carbocycles. The third-order valence-corrected chi connectivity index (χ3v) is 12.4. The molecule has 1 nitrogen and oxygen atoms in total. The Kier molecular flexibility index (Phi) is 1.21. The van der Waals surface area contributed by atoms with Gasteiger partial charge >= 0.3 is 0 Å². The van der Waals surface area contributed by atoms with Crippen LogP contribution in [0.5, 0.6) is 0 Å². The lowest BCUT2D eigenvalue weighted by Crippen LogP contribution is -2.79. The van der Waals surface area contributed by atoms with Gasteiger partial charge in [0.05, 0.1) is 12.2 Å². The molecule has 7 aliphatic carbocycles. The Balaban J connectivity index is 1.48. The van der Waals surface area contributed by atoms with Gasteiger partial charge in [0, 0.05) is 10.8 Å². The molecule has 1 heterocycles. The maximum absolute atomic E-state index is 6.86. The molecule has 0 radical (unpaired) electrons. The Bertz CT molecular complexity index is 683. The fourth-order valence-corrected chi connectivity index (χ4v) is 13.5. The third kappa shape index (κ3) is 0.553. The molecule has 8 aliphatic rings. The minimum atomic E-state index is 0.413. The van der Waals surface area contributed by atoms with Gasteiger partial charge in [-0.25, -0.2) is 0 Å². The molecule has 1 saturated heterocycles. The van der Waals surface area contributed by atoms with Crippen LogP contribution in [0.2, 0.25) is 0 Å². The lowest BCUT2D eigenvalue weighted by Gasteiger charge is -2.73. The highest BCUT2D eigenvalue weighted by molar-refractivity contribution is 5.49. The van der Waals surface area contributed by atoms with E-state index in [0.29, 0.717) is 16.4 Å². The van der Waals surface area contributed by atoms with Crippen LogP contribution in [0.3, 0.4) is 0 Å². The Labute approximate surface area is 132 Å². The van der Waals surface area contributed by atoms with Crippen LogP contribution in [0.25, 0.3) is 0 Å². The molecule has 116 valence electrons. The first-order valence-corrected chi connectivity index (χ1v) is 10.4. The van der Waals surface area contributed by atoms with E-state index in [4.69, 9.17) is 4.74 Å². The van der Waals surface area contributed by atoms with Gasteiger partial charge in [-0.05, 0) is 90.8 Å². The van der Waals surface area contributed by atoms with Crippen molar-refractivity contribution < 1.29 is 4.74 Å². The highest BCUT2D eigenvalue weighted by Crippen LogP contribution is 3.01. The second kappa shape index (κ2) is 2.49. The van der Waals surface area contributed by atoms with Crippen molar-refractivity contribution in [1.82, 2.24) is 0 Å². The third-order valence-electron chi connectivity index (χ3n) is 12.4. The van der Waals surface area contributed by atoms with Crippen LogP contribution in [-0.2, 0) is 4.74 Å². The number of ether oxygens (including phenoxy) is 1. The van der Waals surface area contributed by atoms with Gasteiger partial charge < -0.3 is 4.74 Å². The molecular weight excluding hydrogens is 268 g/mol. The van der Waals surface area contributed by atoms with Crippen LogP contribution >= 0.6 is 0 Å². The molecule has 0 aromatic rings. The quantitative estimate of drug-likeness (QED) is 0.663. The summed E-state index contributed by atoms with van der Waals surface area (Å²) >= 11 is 0. The van der Waals surface area contributed by atoms with Crippen molar-refractivity contribution in [2.24, 2.45) is 75.9 Å². The molecule has 2 spiro atoms. The van der Waals surface area contributed by atoms with Gasteiger partial charge in [-0.15, -0.1) is 0 Å². The Hall–Kier alpha value is -0.0400. The van der Waals surface area contributed by atoms with Crippen molar-refractivity contribution in [3.05, 3.63) is 0 Å². The van der Waals surface area contributed by atoms with Gasteiger partial charge in [0.15, 0.2) is 0 Å². The van der Waals surface area contributed by atoms with E-state index in [1.165, 1.54) is 18.4 Å². The summed E-state index contributed by atoms with van der Waals surface area (Å²) in [5.41, 5.74) is 1.75. The average molecular weight is 294 g/mol. The molecule has 0 amide bonds. The van der Waals surface area contributed by atoms with E-state index in [1.54, 1.807) is 32.1 Å². The minimum absolute atomic E-state index is 0.413. The number of hydrogen-bond donors (Lipinski definition) is 0. The highest BCUT2D eigenvalue weighted by Gasteiger charge is 3.02. The Morgan fingerprint density at radius 1 is 0.773 bits per heavy atom. The first kappa shape index (κ1) is 10.7. The van der Waals surface area contributed by atoms with Crippen molar-refractivity contribution in [2.75, 3.05) is 6.61 Å². The molecule has 8 rings (SSSR count). The van der Waals surface area contributed by atoms with E-state index >= 15 is 0 Å². The molecule has 0 aromatic carbocycles. The zero-order chi connectivity index (χ0) is 13.8. The lowest BCUT2D eigenvalue weighted by atomic mass is 9.40. The summed E-state index contributed by atoms with van der Waals surface area (Å²) in [5.74, 6) is 12.4. The van der Waals surface area contributed by atoms with E-state index < -0.39 is 0 Å². The fraction of sp³-hybridized carbons (Fsp3) is 1.00. The molecule has 0 N–H and O–H groups in total. The van der Waals surface area contributed by atoms with Gasteiger partial charge in [0.25, 0.3) is 0 Å². The van der Waals surface area contributed by atoms with Gasteiger partial charge in [0.1, 0.15) is 0 Å². The number of fused-ring (bicyclic) bond motifs is 10. The second-order valence-electron chi connectivity index (χ2n) is 11.3. The first-order chi connectivity index (χ1) is 10.8. The predicted octanol–water partition coefficient (Wildman–Crippen LogP) is 3.59. The van der Waals surface area contributed by atoms with Gasteiger partial charge in [-0.1, -0.05) is 13.3 Å². The van der Waals surface area contributed by atoms with Crippen LogP contribution in [0.4, 0.5) is 0 Å². The summed E-state index contributed by atoms with van der Waals surface area (Å²) < 4.78 is 6.86. The van der Waals surface area contributed by atoms with E-state index in [0.717, 1.165) is 53.3 Å². The standard InChI is InChI=1S/C21H26O/c1-19-15-8-3-2-4-9(8)16-13(15)14-17-10-5-6-11(12(10)18(14)19)21(19)20(16,17)7-22-21/h8-18H,2-7H2,1H3/t8-,9+,10+,11+,12-,13-,14+,15-,16-,17+,18+,19+,20-,21-/m1/s1. The molecule has 14 atom stereocenters. The van der Waals surface area contributed by atoms with Crippen LogP contribution in [-0.4, -0.2) is 12.2 Å². The molecule has 1 heteroatoms. The summed E-state index contributed by atoms with van der Waals surface area (Å²) in [6, 6.07) is 0. The lowest BCUT2D eigenvalue weighted by molar-refractivity contribution is -0.387. The van der Waals surface area contributed by atoms with Crippen LogP contribution < -0.4 is 0 Å². The van der Waals surface area contributed by atoms with Crippen molar-refractivity contribution in [2.45, 2.75) is 44.6 Å². The maximum Gasteiger partial charge on any atom is 0.0856 e. The van der Waals surface area contributed by atoms with Crippen molar-refractivity contribution in [3.8, 4) is 0 Å². The number of hydrogen-bond acceptors (Lipinski definition) is 1. The molecule has 0 unspecified atom stereocenters. The van der Waals surface area contributed by atoms with Crippen molar-refractivity contribution in [3.63, 3.8) is 0 Å². The molecule has 0 bridgehead atoms. The maximum atomic E-state index is 6.86. The fourth-order valence-electron chi connectivity index (χ4n) is 13.5. The summed E-state index contributed by atoms with van der Waals surface area (Å²) in [7, 11) is 0. The second-order valence-corrected chi connectivity index (χ2v) is 11.3. The average Bonchev–Trinajstić information content (AvgIpc) is 3.18. The van der Waals surface area contributed by atoms with Crippen molar-refractivity contribution in [1.29, 1.82) is 0 Å². The van der Waals surface area contributed by atoms with Gasteiger partial charge in [0.2, 0.25) is 0 Å². The van der Waals surface area contributed by atoms with Crippen LogP contribution in [0.15, 0.2) is 0 Å². The van der Waals surface area contributed by atoms with E-state index in [-0.39, 0.29) is 0 Å². The topological polar surface area (TPSA) is 9.23 Å². The zero-order valence-electron chi connectivity index (χ0n) is 13.5. The monoisotopic (exact) mass is 294 g/mol. The molecule has 1 aliphatic heterocycles. The van der Waals surface area contributed by atoms with Gasteiger partial charge in [-0.3, -0.25) is 0 Å². The summed E-state index contributed by atoms with van der Waals surface area (Å²) in [6.07, 6.45) is 7.89. The summed E-state index contributed by atoms with van der Waals surface area (Å²) in [4.78, 5) is 0. The largest absolute Gasteiger partial charge is 0.373 e. The molecule has 22 heavy (non-hydrogen) atoms. The van der Waals surface area contributed by atoms with E-state index in [2.05, 4.69) is 6.92 Å². The predicted molar refractivity (Wildman–Crippen MR) is 80.7 cm³/mol. The summed E-state index contributed by atoms with van der Waals surface area (Å²) in [6.45, 7) is 3.99. The van der Waals surface area contributed by atoms with E-state index in [1.807, 2.05) is 0 Å². The Morgan fingerprint density at radius 3 is 2.36 bits per heavy atom. The minimum Gasteiger partial charge on any atom is -0.373 e. The van der Waals surface area contributed by atoms with Gasteiger partial charge in [-0.2, -0.15) is 0 Å². The molecular formula is C21H26O. The normalized spacial score (nSPS) is 88.0. The zero-order valence-corrected chi connectivity index (χ0v) is 13.5. The molecule has 0 aromatic heterocycles. The Morgan fingerprint density at radius 2 is 1.55 bits per heavy atom. The van der Waals surface area contributed by atoms with Crippen LogP contribution in [0.1, 0.15) is 39.0 Å². The SMILES string of the molecule is C[C@@]12[C@@H]3[C@H]4[C@@H]5[C@H]1[C@@H]1CCC[C@@H]1[C@H]5[C@@]15CO[C@]21[C@H]1CC[C@@H]([C@@H]31)[C@@H]45. The number of rotatable bonds is 0. The van der Waals surface area contributed by atoms with Crippen molar-refractivity contribution >= 4 is 0 Å².